The number of pyridine rings is 1. The van der Waals surface area contributed by atoms with Crippen molar-refractivity contribution in [2.24, 2.45) is 0 Å². The average Bonchev–Trinajstić information content (AvgIpc) is 2.96. The molecule has 0 aliphatic carbocycles. The number of benzene rings is 1. The van der Waals surface area contributed by atoms with Gasteiger partial charge in [-0.2, -0.15) is 0 Å². The smallest absolute Gasteiger partial charge is 0.413 e. The monoisotopic (exact) mass is 393 g/mol. The zero-order valence-electron chi connectivity index (χ0n) is 14.5. The number of esters is 1. The lowest BCUT2D eigenvalue weighted by molar-refractivity contribution is 0.0600. The maximum Gasteiger partial charge on any atom is 0.413 e. The summed E-state index contributed by atoms with van der Waals surface area (Å²) in [5, 5.41) is 3.76. The molecular formula is C17H16ClN3O4S. The molecule has 0 saturated heterocycles. The molecule has 0 radical (unpaired) electrons. The van der Waals surface area contributed by atoms with Crippen LogP contribution in [0.15, 0.2) is 18.2 Å². The topological polar surface area (TPSA) is 90.4 Å². The first-order chi connectivity index (χ1) is 12.2. The molecular weight excluding hydrogens is 378 g/mol. The Balaban J connectivity index is 2.09. The number of amides is 1. The molecule has 0 bridgehead atoms. The van der Waals surface area contributed by atoms with E-state index in [1.165, 1.54) is 18.4 Å². The summed E-state index contributed by atoms with van der Waals surface area (Å²) in [4.78, 5) is 32.5. The number of ether oxygens (including phenoxy) is 2. The summed E-state index contributed by atoms with van der Waals surface area (Å²) in [6.45, 7) is 5.31. The van der Waals surface area contributed by atoms with Crippen molar-refractivity contribution >= 4 is 61.3 Å². The Labute approximate surface area is 158 Å². The third-order valence-electron chi connectivity index (χ3n) is 3.33. The molecule has 0 aliphatic rings. The molecule has 3 aromatic rings. The van der Waals surface area contributed by atoms with Crippen molar-refractivity contribution in [2.75, 3.05) is 12.4 Å². The Hall–Kier alpha value is -2.45. The molecule has 0 aliphatic heterocycles. The van der Waals surface area contributed by atoms with Crippen molar-refractivity contribution in [3.63, 3.8) is 0 Å². The van der Waals surface area contributed by atoms with Crippen LogP contribution in [0.25, 0.3) is 21.1 Å². The van der Waals surface area contributed by atoms with Crippen molar-refractivity contribution in [1.29, 1.82) is 0 Å². The Morgan fingerprint density at radius 1 is 1.19 bits per heavy atom. The number of nitrogens with one attached hydrogen (secondary N) is 1. The largest absolute Gasteiger partial charge is 0.465 e. The Kier molecular flexibility index (Phi) is 4.72. The van der Waals surface area contributed by atoms with Gasteiger partial charge in [0.2, 0.25) is 0 Å². The fraction of sp³-hybridized carbons (Fsp3) is 0.294. The Bertz CT molecular complexity index is 1030. The van der Waals surface area contributed by atoms with Crippen LogP contribution in [-0.4, -0.2) is 34.7 Å². The molecule has 1 N–H and O–H groups in total. The predicted molar refractivity (Wildman–Crippen MR) is 101 cm³/mol. The second kappa shape index (κ2) is 6.69. The first-order valence-corrected chi connectivity index (χ1v) is 8.86. The summed E-state index contributed by atoms with van der Waals surface area (Å²) in [5.41, 5.74) is 0.549. The van der Waals surface area contributed by atoms with E-state index >= 15 is 0 Å². The molecule has 0 saturated carbocycles. The number of halogens is 1. The van der Waals surface area contributed by atoms with E-state index in [1.807, 2.05) is 6.07 Å². The highest BCUT2D eigenvalue weighted by molar-refractivity contribution is 7.23. The van der Waals surface area contributed by atoms with Gasteiger partial charge in [0.05, 0.1) is 22.9 Å². The van der Waals surface area contributed by atoms with Gasteiger partial charge >= 0.3 is 12.1 Å². The van der Waals surface area contributed by atoms with E-state index in [9.17, 15) is 9.59 Å². The summed E-state index contributed by atoms with van der Waals surface area (Å²) in [6.07, 6.45) is -0.611. The molecule has 2 aromatic heterocycles. The summed E-state index contributed by atoms with van der Waals surface area (Å²) < 4.78 is 10.7. The Morgan fingerprint density at radius 3 is 2.58 bits per heavy atom. The molecule has 9 heteroatoms. The van der Waals surface area contributed by atoms with E-state index in [2.05, 4.69) is 15.3 Å². The minimum absolute atomic E-state index is 0.136. The van der Waals surface area contributed by atoms with Crippen LogP contribution in [0.4, 0.5) is 9.93 Å². The zero-order chi connectivity index (χ0) is 19.1. The predicted octanol–water partition coefficient (Wildman–Crippen LogP) is 4.63. The van der Waals surface area contributed by atoms with Gasteiger partial charge in [0, 0.05) is 5.39 Å². The van der Waals surface area contributed by atoms with Crippen LogP contribution >= 0.6 is 22.9 Å². The van der Waals surface area contributed by atoms with E-state index in [4.69, 9.17) is 21.1 Å². The normalized spacial score (nSPS) is 11.6. The van der Waals surface area contributed by atoms with Gasteiger partial charge in [0.1, 0.15) is 11.1 Å². The van der Waals surface area contributed by atoms with Crippen molar-refractivity contribution in [3.8, 4) is 0 Å². The lowest BCUT2D eigenvalue weighted by atomic mass is 10.1. The quantitative estimate of drug-likeness (QED) is 0.504. The summed E-state index contributed by atoms with van der Waals surface area (Å²) in [5.74, 6) is -0.505. The van der Waals surface area contributed by atoms with E-state index in [0.717, 1.165) is 0 Å². The van der Waals surface area contributed by atoms with Crippen LogP contribution in [0, 0.1) is 0 Å². The number of rotatable bonds is 2. The molecule has 1 aromatic carbocycles. The van der Waals surface area contributed by atoms with Gasteiger partial charge in [-0.1, -0.05) is 35.1 Å². The van der Waals surface area contributed by atoms with Gasteiger partial charge in [-0.3, -0.25) is 5.32 Å². The standard InChI is InChI=1S/C17H16ClN3O4S/c1-17(2,3)25-16(23)21-15-20-11-12(26-15)8-6-5-7-9(14(22)24-4)10(8)19-13(11)18/h5-7H,1-4H3,(H,20,21,23). The number of carbonyl (C=O) groups excluding carboxylic acids is 2. The first kappa shape index (κ1) is 18.3. The highest BCUT2D eigenvalue weighted by Crippen LogP contribution is 2.36. The number of para-hydroxylation sites is 1. The SMILES string of the molecule is COC(=O)c1cccc2c1nc(Cl)c1nc(NC(=O)OC(C)(C)C)sc12. The van der Waals surface area contributed by atoms with Gasteiger partial charge in [-0.05, 0) is 26.8 Å². The molecule has 7 nitrogen and oxygen atoms in total. The second-order valence-electron chi connectivity index (χ2n) is 6.42. The van der Waals surface area contributed by atoms with Crippen LogP contribution in [0.5, 0.6) is 0 Å². The van der Waals surface area contributed by atoms with Crippen LogP contribution in [0.2, 0.25) is 5.15 Å². The van der Waals surface area contributed by atoms with Crippen LogP contribution in [0.3, 0.4) is 0 Å². The first-order valence-electron chi connectivity index (χ1n) is 7.66. The van der Waals surface area contributed by atoms with Gasteiger partial charge in [-0.15, -0.1) is 0 Å². The molecule has 1 amide bonds. The minimum atomic E-state index is -0.623. The molecule has 26 heavy (non-hydrogen) atoms. The van der Waals surface area contributed by atoms with E-state index < -0.39 is 17.7 Å². The van der Waals surface area contributed by atoms with Crippen LogP contribution in [0.1, 0.15) is 31.1 Å². The molecule has 136 valence electrons. The number of carbonyl (C=O) groups is 2. The summed E-state index contributed by atoms with van der Waals surface area (Å²) >= 11 is 7.47. The number of methoxy groups -OCH3 is 1. The van der Waals surface area contributed by atoms with Gasteiger partial charge in [0.15, 0.2) is 10.3 Å². The van der Waals surface area contributed by atoms with E-state index in [-0.39, 0.29) is 5.15 Å². The number of hydrogen-bond acceptors (Lipinski definition) is 7. The molecule has 2 heterocycles. The maximum atomic E-state index is 12.0. The van der Waals surface area contributed by atoms with Gasteiger partial charge < -0.3 is 9.47 Å². The molecule has 3 rings (SSSR count). The van der Waals surface area contributed by atoms with E-state index in [0.29, 0.717) is 31.8 Å². The van der Waals surface area contributed by atoms with Gasteiger partial charge in [-0.25, -0.2) is 19.6 Å². The number of thiazole rings is 1. The summed E-state index contributed by atoms with van der Waals surface area (Å²) in [6, 6.07) is 5.15. The molecule has 0 unspecified atom stereocenters. The zero-order valence-corrected chi connectivity index (χ0v) is 16.1. The molecule has 0 spiro atoms. The third-order valence-corrected chi connectivity index (χ3v) is 4.59. The number of anilines is 1. The fourth-order valence-corrected chi connectivity index (χ4v) is 3.62. The van der Waals surface area contributed by atoms with Crippen molar-refractivity contribution in [2.45, 2.75) is 26.4 Å². The highest BCUT2D eigenvalue weighted by atomic mass is 35.5. The minimum Gasteiger partial charge on any atom is -0.465 e. The molecule has 0 atom stereocenters. The van der Waals surface area contributed by atoms with Crippen LogP contribution in [-0.2, 0) is 9.47 Å². The number of nitrogens with zero attached hydrogens (tertiary/aromatic N) is 2. The van der Waals surface area contributed by atoms with Crippen molar-refractivity contribution in [3.05, 3.63) is 28.9 Å². The van der Waals surface area contributed by atoms with Crippen molar-refractivity contribution in [1.82, 2.24) is 9.97 Å². The molecule has 0 fully saturated rings. The number of hydrogen-bond donors (Lipinski definition) is 1. The average molecular weight is 394 g/mol. The van der Waals surface area contributed by atoms with Crippen LogP contribution < -0.4 is 5.32 Å². The Morgan fingerprint density at radius 2 is 1.92 bits per heavy atom. The summed E-state index contributed by atoms with van der Waals surface area (Å²) in [7, 11) is 1.30. The lowest BCUT2D eigenvalue weighted by Gasteiger charge is -2.18. The van der Waals surface area contributed by atoms with E-state index in [1.54, 1.807) is 32.9 Å². The fourth-order valence-electron chi connectivity index (χ4n) is 2.36. The second-order valence-corrected chi connectivity index (χ2v) is 7.78. The third kappa shape index (κ3) is 3.56. The van der Waals surface area contributed by atoms with Crippen molar-refractivity contribution < 1.29 is 19.1 Å². The van der Waals surface area contributed by atoms with Gasteiger partial charge in [0.25, 0.3) is 0 Å². The number of fused-ring (bicyclic) bond motifs is 3. The lowest BCUT2D eigenvalue weighted by Crippen LogP contribution is -2.27. The number of aromatic nitrogens is 2. The highest BCUT2D eigenvalue weighted by Gasteiger charge is 2.21. The maximum absolute atomic E-state index is 12.0.